The molecule has 0 bridgehead atoms. The van der Waals surface area contributed by atoms with E-state index in [-0.39, 0.29) is 0 Å². The average molecular weight is 336 g/mol. The van der Waals surface area contributed by atoms with E-state index in [0.717, 1.165) is 38.0 Å². The minimum Gasteiger partial charge on any atom is -0.375 e. The topological polar surface area (TPSA) is 55.0 Å². The van der Waals surface area contributed by atoms with Gasteiger partial charge in [-0.2, -0.15) is 0 Å². The van der Waals surface area contributed by atoms with Gasteiger partial charge in [0.1, 0.15) is 0 Å². The molecule has 2 N–H and O–H groups in total. The molecule has 5 heteroatoms. The number of benzene rings is 1. The van der Waals surface area contributed by atoms with Gasteiger partial charge in [-0.05, 0) is 24.1 Å². The van der Waals surface area contributed by atoms with E-state index >= 15 is 0 Å². The highest BCUT2D eigenvalue weighted by atomic mass is 32.1. The first-order valence-corrected chi connectivity index (χ1v) is 9.08. The first-order chi connectivity index (χ1) is 11.8. The van der Waals surface area contributed by atoms with Gasteiger partial charge in [0.15, 0.2) is 5.13 Å². The molecule has 0 unspecified atom stereocenters. The summed E-state index contributed by atoms with van der Waals surface area (Å²) in [5.41, 5.74) is 9.28. The van der Waals surface area contributed by atoms with Gasteiger partial charge in [-0.3, -0.25) is 9.88 Å². The van der Waals surface area contributed by atoms with Crippen molar-refractivity contribution < 1.29 is 0 Å². The van der Waals surface area contributed by atoms with Crippen LogP contribution in [0, 0.1) is 0 Å². The maximum atomic E-state index is 5.81. The third-order valence-corrected chi connectivity index (χ3v) is 5.45. The van der Waals surface area contributed by atoms with Gasteiger partial charge in [-0.15, -0.1) is 11.3 Å². The number of aromatic nitrogens is 2. The lowest BCUT2D eigenvalue weighted by Gasteiger charge is -2.17. The molecule has 4 nitrogen and oxygen atoms in total. The monoisotopic (exact) mass is 336 g/mol. The lowest BCUT2D eigenvalue weighted by molar-refractivity contribution is 0.318. The van der Waals surface area contributed by atoms with E-state index in [4.69, 9.17) is 5.73 Å². The van der Waals surface area contributed by atoms with Crippen molar-refractivity contribution in [2.75, 3.05) is 25.4 Å². The number of pyridine rings is 1. The van der Waals surface area contributed by atoms with Gasteiger partial charge < -0.3 is 5.73 Å². The number of nitrogens with zero attached hydrogens (tertiary/aromatic N) is 3. The van der Waals surface area contributed by atoms with Crippen molar-refractivity contribution in [3.63, 3.8) is 0 Å². The molecule has 0 amide bonds. The molecule has 0 atom stereocenters. The fraction of sp³-hybridized carbons (Fsp3) is 0.263. The molecule has 0 saturated heterocycles. The zero-order valence-corrected chi connectivity index (χ0v) is 14.3. The SMILES string of the molecule is Nc1nc2c(s1)CCN(CC=Cc1ccnc3ccccc13)CC2. The summed E-state index contributed by atoms with van der Waals surface area (Å²) in [6.45, 7) is 3.06. The minimum atomic E-state index is 0.706. The van der Waals surface area contributed by atoms with Crippen LogP contribution in [0.4, 0.5) is 5.13 Å². The summed E-state index contributed by atoms with van der Waals surface area (Å²) in [6, 6.07) is 10.3. The lowest BCUT2D eigenvalue weighted by Crippen LogP contribution is -2.26. The van der Waals surface area contributed by atoms with Crippen LogP contribution in [0.3, 0.4) is 0 Å². The molecule has 1 aliphatic heterocycles. The van der Waals surface area contributed by atoms with Gasteiger partial charge in [0.05, 0.1) is 11.2 Å². The quantitative estimate of drug-likeness (QED) is 0.796. The van der Waals surface area contributed by atoms with E-state index in [1.165, 1.54) is 21.5 Å². The Balaban J connectivity index is 1.43. The van der Waals surface area contributed by atoms with Crippen LogP contribution in [0.15, 0.2) is 42.6 Å². The second-order valence-electron chi connectivity index (χ2n) is 6.04. The second-order valence-corrected chi connectivity index (χ2v) is 7.16. The smallest absolute Gasteiger partial charge is 0.180 e. The molecular formula is C19H20N4S. The molecule has 122 valence electrons. The van der Waals surface area contributed by atoms with Crippen LogP contribution in [-0.2, 0) is 12.8 Å². The van der Waals surface area contributed by atoms with Gasteiger partial charge in [0.25, 0.3) is 0 Å². The lowest BCUT2D eigenvalue weighted by atomic mass is 10.1. The Hall–Kier alpha value is -2.24. The molecule has 0 spiro atoms. The molecule has 3 aromatic rings. The zero-order valence-electron chi connectivity index (χ0n) is 13.5. The highest BCUT2D eigenvalue weighted by molar-refractivity contribution is 7.15. The van der Waals surface area contributed by atoms with Crippen LogP contribution in [0.5, 0.6) is 0 Å². The van der Waals surface area contributed by atoms with E-state index in [9.17, 15) is 0 Å². The Bertz CT molecular complexity index is 853. The number of hydrogen-bond acceptors (Lipinski definition) is 5. The number of nitrogens with two attached hydrogens (primary N) is 1. The van der Waals surface area contributed by atoms with E-state index in [0.29, 0.717) is 5.13 Å². The van der Waals surface area contributed by atoms with Crippen molar-refractivity contribution in [2.24, 2.45) is 0 Å². The van der Waals surface area contributed by atoms with E-state index < -0.39 is 0 Å². The normalized spacial score (nSPS) is 15.7. The highest BCUT2D eigenvalue weighted by Crippen LogP contribution is 2.24. The van der Waals surface area contributed by atoms with Gasteiger partial charge in [-0.1, -0.05) is 30.4 Å². The summed E-state index contributed by atoms with van der Waals surface area (Å²) in [6.07, 6.45) is 8.39. The minimum absolute atomic E-state index is 0.706. The number of anilines is 1. The number of hydrogen-bond donors (Lipinski definition) is 1. The Morgan fingerprint density at radius 1 is 1.17 bits per heavy atom. The average Bonchev–Trinajstić information content (AvgIpc) is 2.86. The molecule has 3 heterocycles. The highest BCUT2D eigenvalue weighted by Gasteiger charge is 2.16. The summed E-state index contributed by atoms with van der Waals surface area (Å²) in [7, 11) is 0. The second kappa shape index (κ2) is 6.71. The number of para-hydroxylation sites is 1. The fourth-order valence-electron chi connectivity index (χ4n) is 3.20. The van der Waals surface area contributed by atoms with Crippen molar-refractivity contribution in [3.8, 4) is 0 Å². The molecule has 1 aromatic carbocycles. The largest absolute Gasteiger partial charge is 0.375 e. The van der Waals surface area contributed by atoms with Crippen LogP contribution in [-0.4, -0.2) is 34.5 Å². The molecular weight excluding hydrogens is 316 g/mol. The molecule has 2 aromatic heterocycles. The van der Waals surface area contributed by atoms with Crippen LogP contribution < -0.4 is 5.73 Å². The predicted molar refractivity (Wildman–Crippen MR) is 101 cm³/mol. The molecule has 0 fully saturated rings. The first kappa shape index (κ1) is 15.3. The summed E-state index contributed by atoms with van der Waals surface area (Å²) < 4.78 is 0. The Morgan fingerprint density at radius 2 is 2.04 bits per heavy atom. The number of nitrogen functional groups attached to an aromatic ring is 1. The van der Waals surface area contributed by atoms with Crippen molar-refractivity contribution >= 4 is 33.4 Å². The predicted octanol–water partition coefficient (Wildman–Crippen LogP) is 3.39. The Kier molecular flexibility index (Phi) is 4.28. The third kappa shape index (κ3) is 3.18. The zero-order chi connectivity index (χ0) is 16.4. The van der Waals surface area contributed by atoms with Crippen LogP contribution in [0.2, 0.25) is 0 Å². The summed E-state index contributed by atoms with van der Waals surface area (Å²) in [4.78, 5) is 12.7. The molecule has 0 aliphatic carbocycles. The molecule has 24 heavy (non-hydrogen) atoms. The molecule has 0 radical (unpaired) electrons. The molecule has 1 aliphatic rings. The first-order valence-electron chi connectivity index (χ1n) is 8.26. The van der Waals surface area contributed by atoms with E-state index in [1.54, 1.807) is 11.3 Å². The summed E-state index contributed by atoms with van der Waals surface area (Å²) in [5.74, 6) is 0. The van der Waals surface area contributed by atoms with Crippen molar-refractivity contribution in [1.82, 2.24) is 14.9 Å². The maximum absolute atomic E-state index is 5.81. The van der Waals surface area contributed by atoms with Crippen molar-refractivity contribution in [2.45, 2.75) is 12.8 Å². The molecule has 0 saturated carbocycles. The third-order valence-electron chi connectivity index (χ3n) is 4.46. The molecule has 4 rings (SSSR count). The van der Waals surface area contributed by atoms with Crippen molar-refractivity contribution in [1.29, 1.82) is 0 Å². The van der Waals surface area contributed by atoms with E-state index in [1.807, 2.05) is 12.3 Å². The van der Waals surface area contributed by atoms with Gasteiger partial charge in [-0.25, -0.2) is 4.98 Å². The van der Waals surface area contributed by atoms with Crippen molar-refractivity contribution in [3.05, 3.63) is 58.7 Å². The van der Waals surface area contributed by atoms with E-state index in [2.05, 4.69) is 51.3 Å². The number of fused-ring (bicyclic) bond motifs is 2. The van der Waals surface area contributed by atoms with Gasteiger partial charge >= 0.3 is 0 Å². The summed E-state index contributed by atoms with van der Waals surface area (Å²) >= 11 is 1.64. The standard InChI is InChI=1S/C19H20N4S/c20-19-22-17-8-12-23(13-9-18(17)24-19)11-3-4-14-7-10-21-16-6-2-1-5-15(14)16/h1-7,10H,8-9,11-13H2,(H2,20,22). The van der Waals surface area contributed by atoms with Crippen LogP contribution >= 0.6 is 11.3 Å². The fourth-order valence-corrected chi connectivity index (χ4v) is 4.07. The number of rotatable bonds is 3. The Labute approximate surface area is 145 Å². The summed E-state index contributed by atoms with van der Waals surface area (Å²) in [5, 5.41) is 1.91. The maximum Gasteiger partial charge on any atom is 0.180 e. The van der Waals surface area contributed by atoms with Gasteiger partial charge in [0.2, 0.25) is 0 Å². The van der Waals surface area contributed by atoms with Crippen LogP contribution in [0.25, 0.3) is 17.0 Å². The van der Waals surface area contributed by atoms with Gasteiger partial charge in [0, 0.05) is 42.5 Å². The van der Waals surface area contributed by atoms with Crippen LogP contribution in [0.1, 0.15) is 16.1 Å². The number of thiazole rings is 1. The Morgan fingerprint density at radius 3 is 3.00 bits per heavy atom.